The third kappa shape index (κ3) is 6.95. The van der Waals surface area contributed by atoms with Crippen LogP contribution in [0.3, 0.4) is 0 Å². The van der Waals surface area contributed by atoms with E-state index in [0.29, 0.717) is 4.90 Å². The molecule has 0 aromatic heterocycles. The third-order valence-electron chi connectivity index (χ3n) is 6.66. The summed E-state index contributed by atoms with van der Waals surface area (Å²) in [5, 5.41) is 3.69. The van der Waals surface area contributed by atoms with Crippen LogP contribution >= 0.6 is 0 Å². The molecular weight excluding hydrogens is 476 g/mol. The predicted octanol–water partition coefficient (Wildman–Crippen LogP) is 6.60. The molecule has 2 N–H and O–H groups in total. The molecule has 0 aliphatic heterocycles. The van der Waals surface area contributed by atoms with E-state index in [4.69, 9.17) is 0 Å². The molecule has 5 heteroatoms. The molecular formula is C32H36N2O2S. The summed E-state index contributed by atoms with van der Waals surface area (Å²) in [5.41, 5.74) is 5.81. The quantitative estimate of drug-likeness (QED) is 0.223. The van der Waals surface area contributed by atoms with Gasteiger partial charge in [-0.25, -0.2) is 13.1 Å². The molecule has 0 bridgehead atoms. The summed E-state index contributed by atoms with van der Waals surface area (Å²) in [5.74, 6) is 0. The van der Waals surface area contributed by atoms with Crippen molar-refractivity contribution in [3.05, 3.63) is 137 Å². The average Bonchev–Trinajstić information content (AvgIpc) is 2.88. The van der Waals surface area contributed by atoms with E-state index in [-0.39, 0.29) is 6.04 Å². The van der Waals surface area contributed by atoms with E-state index >= 15 is 0 Å². The minimum atomic E-state index is -3.80. The molecule has 0 saturated carbocycles. The van der Waals surface area contributed by atoms with Gasteiger partial charge in [0.15, 0.2) is 0 Å². The van der Waals surface area contributed by atoms with Crippen LogP contribution in [0.15, 0.2) is 108 Å². The van der Waals surface area contributed by atoms with Crippen molar-refractivity contribution >= 4 is 10.0 Å². The zero-order valence-corrected chi connectivity index (χ0v) is 22.6. The Morgan fingerprint density at radius 3 is 1.70 bits per heavy atom. The van der Waals surface area contributed by atoms with Crippen LogP contribution in [0.4, 0.5) is 0 Å². The number of nitrogens with one attached hydrogen (secondary N) is 2. The smallest absolute Gasteiger partial charge is 0.241 e. The van der Waals surface area contributed by atoms with Gasteiger partial charge < -0.3 is 5.32 Å². The molecule has 192 valence electrons. The summed E-state index contributed by atoms with van der Waals surface area (Å²) in [6.45, 7) is 6.47. The van der Waals surface area contributed by atoms with Crippen LogP contribution in [-0.4, -0.2) is 15.0 Å². The lowest BCUT2D eigenvalue weighted by Crippen LogP contribution is -2.39. The molecule has 0 saturated heterocycles. The van der Waals surface area contributed by atoms with Gasteiger partial charge in [-0.2, -0.15) is 0 Å². The summed E-state index contributed by atoms with van der Waals surface area (Å²) in [6, 6.07) is 33.5. The van der Waals surface area contributed by atoms with Crippen LogP contribution in [0, 0.1) is 20.8 Å². The molecule has 0 aliphatic carbocycles. The summed E-state index contributed by atoms with van der Waals surface area (Å²) in [6.07, 6.45) is 1.90. The first-order valence-corrected chi connectivity index (χ1v) is 14.3. The Kier molecular flexibility index (Phi) is 8.93. The van der Waals surface area contributed by atoms with Crippen molar-refractivity contribution in [2.45, 2.75) is 50.6 Å². The summed E-state index contributed by atoms with van der Waals surface area (Å²) in [4.78, 5) is 0.356. The molecule has 4 rings (SSSR count). The predicted molar refractivity (Wildman–Crippen MR) is 152 cm³/mol. The topological polar surface area (TPSA) is 58.2 Å². The standard InChI is InChI=1S/C32H36N2O2S/c1-24-22-25(2)32(26(3)23-24)37(35,36)34-31(29-19-11-6-12-20-29)30(28-17-9-5-10-18-28)33-21-13-16-27-14-7-4-8-15-27/h4-12,14-15,17-20,22-23,30-31,33-34H,13,16,21H2,1-3H3/t30-,31?/m0/s1. The SMILES string of the molecule is Cc1cc(C)c(S(=O)(=O)NC(c2ccccc2)[C@@H](NCCCc2ccccc2)c2ccccc2)c(C)c1. The van der Waals surface area contributed by atoms with Gasteiger partial charge in [0.25, 0.3) is 0 Å². The van der Waals surface area contributed by atoms with Crippen molar-refractivity contribution in [2.24, 2.45) is 0 Å². The minimum absolute atomic E-state index is 0.250. The van der Waals surface area contributed by atoms with Gasteiger partial charge in [0.1, 0.15) is 0 Å². The van der Waals surface area contributed by atoms with E-state index in [2.05, 4.69) is 46.4 Å². The fourth-order valence-corrected chi connectivity index (χ4v) is 6.78. The van der Waals surface area contributed by atoms with Crippen LogP contribution < -0.4 is 10.0 Å². The van der Waals surface area contributed by atoms with Crippen molar-refractivity contribution < 1.29 is 8.42 Å². The van der Waals surface area contributed by atoms with Gasteiger partial charge in [0, 0.05) is 0 Å². The highest BCUT2D eigenvalue weighted by atomic mass is 32.2. The lowest BCUT2D eigenvalue weighted by molar-refractivity contribution is 0.420. The van der Waals surface area contributed by atoms with Gasteiger partial charge in [-0.05, 0) is 68.0 Å². The van der Waals surface area contributed by atoms with Crippen molar-refractivity contribution in [1.29, 1.82) is 0 Å². The molecule has 0 radical (unpaired) electrons. The first-order valence-electron chi connectivity index (χ1n) is 12.8. The first kappa shape index (κ1) is 26.8. The Hall–Kier alpha value is -3.25. The third-order valence-corrected chi connectivity index (χ3v) is 8.40. The van der Waals surface area contributed by atoms with Crippen LogP contribution in [0.2, 0.25) is 0 Å². The second-order valence-corrected chi connectivity index (χ2v) is 11.3. The van der Waals surface area contributed by atoms with E-state index < -0.39 is 16.1 Å². The highest BCUT2D eigenvalue weighted by Crippen LogP contribution is 2.32. The maximum Gasteiger partial charge on any atom is 0.241 e. The highest BCUT2D eigenvalue weighted by Gasteiger charge is 2.31. The second-order valence-electron chi connectivity index (χ2n) is 9.67. The summed E-state index contributed by atoms with van der Waals surface area (Å²) in [7, 11) is -3.80. The molecule has 0 aliphatic rings. The van der Waals surface area contributed by atoms with E-state index in [0.717, 1.165) is 47.2 Å². The van der Waals surface area contributed by atoms with E-state index in [9.17, 15) is 8.42 Å². The number of benzene rings is 4. The minimum Gasteiger partial charge on any atom is -0.308 e. The average molecular weight is 513 g/mol. The molecule has 0 amide bonds. The largest absolute Gasteiger partial charge is 0.308 e. The van der Waals surface area contributed by atoms with Crippen molar-refractivity contribution in [3.8, 4) is 0 Å². The lowest BCUT2D eigenvalue weighted by atomic mass is 9.94. The summed E-state index contributed by atoms with van der Waals surface area (Å²) < 4.78 is 30.9. The Labute approximate surface area is 221 Å². The fourth-order valence-electron chi connectivity index (χ4n) is 5.09. The molecule has 0 spiro atoms. The van der Waals surface area contributed by atoms with Crippen molar-refractivity contribution in [1.82, 2.24) is 10.0 Å². The van der Waals surface area contributed by atoms with Crippen LogP contribution in [-0.2, 0) is 16.4 Å². The van der Waals surface area contributed by atoms with E-state index in [1.807, 2.05) is 87.5 Å². The van der Waals surface area contributed by atoms with Crippen LogP contribution in [0.5, 0.6) is 0 Å². The van der Waals surface area contributed by atoms with E-state index in [1.54, 1.807) is 0 Å². The van der Waals surface area contributed by atoms with Gasteiger partial charge in [-0.3, -0.25) is 0 Å². The van der Waals surface area contributed by atoms with Gasteiger partial charge in [-0.1, -0.05) is 109 Å². The number of hydrogen-bond acceptors (Lipinski definition) is 3. The summed E-state index contributed by atoms with van der Waals surface area (Å²) >= 11 is 0. The fraction of sp³-hybridized carbons (Fsp3) is 0.250. The number of aryl methyl sites for hydroxylation is 4. The molecule has 4 aromatic carbocycles. The zero-order chi connectivity index (χ0) is 26.3. The van der Waals surface area contributed by atoms with Gasteiger partial charge in [0.05, 0.1) is 17.0 Å². The lowest BCUT2D eigenvalue weighted by Gasteiger charge is -2.30. The Bertz CT molecular complexity index is 1370. The first-order chi connectivity index (χ1) is 17.8. The van der Waals surface area contributed by atoms with E-state index in [1.165, 1.54) is 5.56 Å². The van der Waals surface area contributed by atoms with Crippen molar-refractivity contribution in [3.63, 3.8) is 0 Å². The normalized spacial score (nSPS) is 13.3. The van der Waals surface area contributed by atoms with Gasteiger partial charge >= 0.3 is 0 Å². The molecule has 4 aromatic rings. The zero-order valence-electron chi connectivity index (χ0n) is 21.8. The maximum atomic E-state index is 13.9. The Morgan fingerprint density at radius 1 is 0.676 bits per heavy atom. The maximum absolute atomic E-state index is 13.9. The molecule has 4 nitrogen and oxygen atoms in total. The number of rotatable bonds is 11. The van der Waals surface area contributed by atoms with Crippen molar-refractivity contribution in [2.75, 3.05) is 6.54 Å². The second kappa shape index (κ2) is 12.3. The molecule has 2 atom stereocenters. The monoisotopic (exact) mass is 512 g/mol. The number of hydrogen-bond donors (Lipinski definition) is 2. The Balaban J connectivity index is 1.67. The van der Waals surface area contributed by atoms with Crippen LogP contribution in [0.1, 0.15) is 51.9 Å². The van der Waals surface area contributed by atoms with Gasteiger partial charge in [0.2, 0.25) is 10.0 Å². The number of sulfonamides is 1. The Morgan fingerprint density at radius 2 is 1.16 bits per heavy atom. The van der Waals surface area contributed by atoms with Crippen LogP contribution in [0.25, 0.3) is 0 Å². The highest BCUT2D eigenvalue weighted by molar-refractivity contribution is 7.89. The molecule has 0 fully saturated rings. The molecule has 0 heterocycles. The molecule has 37 heavy (non-hydrogen) atoms. The van der Waals surface area contributed by atoms with Gasteiger partial charge in [-0.15, -0.1) is 0 Å². The molecule has 1 unspecified atom stereocenters.